The van der Waals surface area contributed by atoms with Crippen molar-refractivity contribution in [1.82, 2.24) is 25.0 Å². The van der Waals surface area contributed by atoms with Crippen LogP contribution in [0.3, 0.4) is 0 Å². The van der Waals surface area contributed by atoms with Crippen molar-refractivity contribution in [3.05, 3.63) is 68.9 Å². The van der Waals surface area contributed by atoms with E-state index in [9.17, 15) is 9.90 Å². The zero-order valence-electron chi connectivity index (χ0n) is 25.1. The second-order valence-corrected chi connectivity index (χ2v) is 11.8. The minimum atomic E-state index is -0.926. The lowest BCUT2D eigenvalue weighted by atomic mass is 9.92. The first-order chi connectivity index (χ1) is 19.8. The molecular weight excluding hydrogens is 516 g/mol. The Morgan fingerprint density at radius 2 is 1.85 bits per heavy atom. The van der Waals surface area contributed by atoms with Crippen molar-refractivity contribution in [3.63, 3.8) is 0 Å². The second-order valence-electron chi connectivity index (χ2n) is 11.8. The number of nitrogens with one attached hydrogen (secondary N) is 2. The summed E-state index contributed by atoms with van der Waals surface area (Å²) in [5.41, 5.74) is 7.35. The van der Waals surface area contributed by atoms with Crippen LogP contribution < -0.4 is 15.8 Å². The maximum Gasteiger partial charge on any atom is 0.252 e. The van der Waals surface area contributed by atoms with E-state index in [-0.39, 0.29) is 12.1 Å². The third-order valence-corrected chi connectivity index (χ3v) is 8.90. The normalized spacial score (nSPS) is 17.6. The number of nitrogens with zero attached hydrogens (tertiary/aromatic N) is 4. The Bertz CT molecular complexity index is 1370. The second kappa shape index (κ2) is 13.3. The van der Waals surface area contributed by atoms with Crippen LogP contribution in [0.1, 0.15) is 66.3 Å². The standard InChI is InChI=1S/C32H46N6O3/c1-22-16-23(2)35-32(40)29(22)20-33-31(39)28-17-25(18-30(24(28)3)36(4)27-8-6-5-7-9-27)26-19-34-38(21-26)11-10-37-12-14-41-15-13-37/h16-19,21,27,31,33,39H,5-15,20H2,1-4H3,(H,35,40). The van der Waals surface area contributed by atoms with Crippen molar-refractivity contribution in [2.45, 2.75) is 78.2 Å². The molecule has 2 aromatic heterocycles. The molecule has 0 amide bonds. The molecule has 222 valence electrons. The molecule has 1 saturated heterocycles. The summed E-state index contributed by atoms with van der Waals surface area (Å²) < 4.78 is 7.49. The molecule has 0 radical (unpaired) electrons. The third-order valence-electron chi connectivity index (χ3n) is 8.90. The summed E-state index contributed by atoms with van der Waals surface area (Å²) >= 11 is 0. The van der Waals surface area contributed by atoms with Gasteiger partial charge in [0.2, 0.25) is 0 Å². The Kier molecular flexibility index (Phi) is 9.60. The Morgan fingerprint density at radius 3 is 2.59 bits per heavy atom. The summed E-state index contributed by atoms with van der Waals surface area (Å²) in [7, 11) is 2.19. The van der Waals surface area contributed by atoms with Crippen LogP contribution in [0.25, 0.3) is 11.1 Å². The van der Waals surface area contributed by atoms with Gasteiger partial charge in [-0.1, -0.05) is 19.3 Å². The molecule has 9 heteroatoms. The van der Waals surface area contributed by atoms with Crippen molar-refractivity contribution in [3.8, 4) is 11.1 Å². The van der Waals surface area contributed by atoms with Gasteiger partial charge in [0.25, 0.3) is 5.56 Å². The van der Waals surface area contributed by atoms with Crippen molar-refractivity contribution in [2.75, 3.05) is 44.8 Å². The van der Waals surface area contributed by atoms with E-state index in [1.54, 1.807) is 0 Å². The van der Waals surface area contributed by atoms with Gasteiger partial charge >= 0.3 is 0 Å². The molecule has 1 aromatic carbocycles. The smallest absolute Gasteiger partial charge is 0.252 e. The summed E-state index contributed by atoms with van der Waals surface area (Å²) in [5.74, 6) is 0. The Balaban J connectivity index is 1.41. The molecule has 1 unspecified atom stereocenters. The molecule has 3 N–H and O–H groups in total. The number of aliphatic hydroxyl groups is 1. The van der Waals surface area contributed by atoms with Crippen LogP contribution in [-0.2, 0) is 17.8 Å². The fraction of sp³-hybridized carbons (Fsp3) is 0.562. The van der Waals surface area contributed by atoms with E-state index in [2.05, 4.69) is 57.5 Å². The zero-order chi connectivity index (χ0) is 28.9. The Hall–Kier alpha value is -2.98. The first-order valence-corrected chi connectivity index (χ1v) is 15.1. The molecule has 3 aromatic rings. The number of aliphatic hydroxyl groups excluding tert-OH is 1. The number of hydrogen-bond acceptors (Lipinski definition) is 7. The number of H-pyrrole nitrogens is 1. The van der Waals surface area contributed by atoms with Crippen LogP contribution in [0.5, 0.6) is 0 Å². The van der Waals surface area contributed by atoms with Crippen LogP contribution in [0.15, 0.2) is 35.4 Å². The minimum Gasteiger partial charge on any atom is -0.379 e. The summed E-state index contributed by atoms with van der Waals surface area (Å²) in [6.07, 6.45) is 9.29. The van der Waals surface area contributed by atoms with Gasteiger partial charge in [0.15, 0.2) is 0 Å². The highest BCUT2D eigenvalue weighted by Crippen LogP contribution is 2.36. The first kappa shape index (κ1) is 29.5. The molecule has 1 atom stereocenters. The van der Waals surface area contributed by atoms with Crippen molar-refractivity contribution in [2.24, 2.45) is 0 Å². The number of pyridine rings is 1. The number of morpholine rings is 1. The van der Waals surface area contributed by atoms with Gasteiger partial charge in [0.1, 0.15) is 6.23 Å². The summed E-state index contributed by atoms with van der Waals surface area (Å²) in [6, 6.07) is 6.77. The van der Waals surface area contributed by atoms with Gasteiger partial charge in [-0.3, -0.25) is 19.7 Å². The first-order valence-electron chi connectivity index (χ1n) is 15.1. The van der Waals surface area contributed by atoms with Gasteiger partial charge in [-0.15, -0.1) is 0 Å². The fourth-order valence-electron chi connectivity index (χ4n) is 6.32. The van der Waals surface area contributed by atoms with E-state index in [1.165, 1.54) is 32.1 Å². The van der Waals surface area contributed by atoms with E-state index in [1.807, 2.05) is 30.8 Å². The van der Waals surface area contributed by atoms with Gasteiger partial charge in [0, 0.05) is 73.5 Å². The highest BCUT2D eigenvalue weighted by atomic mass is 16.5. The molecule has 5 rings (SSSR count). The van der Waals surface area contributed by atoms with Gasteiger partial charge in [0.05, 0.1) is 26.0 Å². The van der Waals surface area contributed by atoms with Crippen LogP contribution in [0.4, 0.5) is 5.69 Å². The van der Waals surface area contributed by atoms with Gasteiger partial charge < -0.3 is 19.7 Å². The van der Waals surface area contributed by atoms with Crippen molar-refractivity contribution >= 4 is 5.69 Å². The lowest BCUT2D eigenvalue weighted by Gasteiger charge is -2.35. The minimum absolute atomic E-state index is 0.116. The molecule has 41 heavy (non-hydrogen) atoms. The van der Waals surface area contributed by atoms with Gasteiger partial charge in [-0.05, 0) is 68.5 Å². The molecule has 3 heterocycles. The molecule has 0 bridgehead atoms. The molecule has 1 aliphatic carbocycles. The molecule has 2 fully saturated rings. The van der Waals surface area contributed by atoms with Gasteiger partial charge in [-0.2, -0.15) is 5.10 Å². The molecular formula is C32H46N6O3. The average Bonchev–Trinajstić information content (AvgIpc) is 3.45. The number of anilines is 1. The molecule has 9 nitrogen and oxygen atoms in total. The number of aromatic nitrogens is 3. The maximum absolute atomic E-state index is 12.6. The predicted molar refractivity (Wildman–Crippen MR) is 163 cm³/mol. The number of aromatic amines is 1. The lowest BCUT2D eigenvalue weighted by Crippen LogP contribution is -2.38. The number of hydrogen-bond donors (Lipinski definition) is 3. The highest BCUT2D eigenvalue weighted by Gasteiger charge is 2.24. The molecule has 2 aliphatic rings. The topological polar surface area (TPSA) is 98.6 Å². The van der Waals surface area contributed by atoms with Crippen molar-refractivity contribution < 1.29 is 9.84 Å². The van der Waals surface area contributed by atoms with Crippen LogP contribution in [-0.4, -0.2) is 70.7 Å². The highest BCUT2D eigenvalue weighted by molar-refractivity contribution is 5.72. The zero-order valence-corrected chi connectivity index (χ0v) is 25.1. The van der Waals surface area contributed by atoms with E-state index < -0.39 is 6.23 Å². The summed E-state index contributed by atoms with van der Waals surface area (Å²) in [5, 5.41) is 19.3. The Morgan fingerprint density at radius 1 is 1.10 bits per heavy atom. The van der Waals surface area contributed by atoms with Crippen LogP contribution >= 0.6 is 0 Å². The fourth-order valence-corrected chi connectivity index (χ4v) is 6.32. The number of ether oxygens (including phenoxy) is 1. The average molecular weight is 563 g/mol. The molecule has 1 saturated carbocycles. The summed E-state index contributed by atoms with van der Waals surface area (Å²) in [4.78, 5) is 20.3. The van der Waals surface area contributed by atoms with Crippen LogP contribution in [0.2, 0.25) is 0 Å². The molecule has 1 aliphatic heterocycles. The number of aryl methyl sites for hydroxylation is 2. The summed E-state index contributed by atoms with van der Waals surface area (Å²) in [6.45, 7) is 11.5. The van der Waals surface area contributed by atoms with E-state index in [0.717, 1.165) is 78.6 Å². The van der Waals surface area contributed by atoms with E-state index in [4.69, 9.17) is 4.74 Å². The number of benzene rings is 1. The lowest BCUT2D eigenvalue weighted by molar-refractivity contribution is 0.0360. The van der Waals surface area contributed by atoms with E-state index >= 15 is 0 Å². The van der Waals surface area contributed by atoms with Crippen LogP contribution in [0, 0.1) is 20.8 Å². The van der Waals surface area contributed by atoms with E-state index in [0.29, 0.717) is 11.6 Å². The maximum atomic E-state index is 12.6. The monoisotopic (exact) mass is 562 g/mol. The van der Waals surface area contributed by atoms with Gasteiger partial charge in [-0.25, -0.2) is 0 Å². The SMILES string of the molecule is Cc1cc(C)c(CNC(O)c2cc(-c3cnn(CCN4CCOCC4)c3)cc(N(C)C3CCCCC3)c2C)c(=O)[nH]1. The quantitative estimate of drug-likeness (QED) is 0.321. The van der Waals surface area contributed by atoms with Crippen molar-refractivity contribution in [1.29, 1.82) is 0 Å². The largest absolute Gasteiger partial charge is 0.379 e. The number of rotatable bonds is 10. The molecule has 0 spiro atoms. The predicted octanol–water partition coefficient (Wildman–Crippen LogP) is 4.05. The third kappa shape index (κ3) is 7.09. The Labute approximate surface area is 243 Å².